The number of ether oxygens (including phenoxy) is 3. The number of allylic oxidation sites excluding steroid dienone is 24. The summed E-state index contributed by atoms with van der Waals surface area (Å²) in [6, 6.07) is 0. The van der Waals surface area contributed by atoms with Gasteiger partial charge in [-0.15, -0.1) is 0 Å². The van der Waals surface area contributed by atoms with Crippen LogP contribution < -0.4 is 0 Å². The molecule has 0 rings (SSSR count). The van der Waals surface area contributed by atoms with Gasteiger partial charge in [-0.25, -0.2) is 0 Å². The summed E-state index contributed by atoms with van der Waals surface area (Å²) in [6.45, 7) is 6.35. The molecule has 0 saturated carbocycles. The average molecular weight is 1110 g/mol. The first-order valence-corrected chi connectivity index (χ1v) is 32.8. The van der Waals surface area contributed by atoms with Gasteiger partial charge in [-0.2, -0.15) is 0 Å². The van der Waals surface area contributed by atoms with Crippen molar-refractivity contribution in [3.05, 3.63) is 146 Å². The van der Waals surface area contributed by atoms with Gasteiger partial charge in [0, 0.05) is 19.3 Å². The summed E-state index contributed by atoms with van der Waals surface area (Å²) in [5, 5.41) is 0. The predicted octanol–water partition coefficient (Wildman–Crippen LogP) is 22.7. The molecule has 0 aromatic rings. The van der Waals surface area contributed by atoms with Crippen LogP contribution in [0.4, 0.5) is 0 Å². The fourth-order valence-corrected chi connectivity index (χ4v) is 8.74. The van der Waals surface area contributed by atoms with Crippen LogP contribution in [0.5, 0.6) is 0 Å². The normalized spacial score (nSPS) is 13.1. The average Bonchev–Trinajstić information content (AvgIpc) is 3.46. The van der Waals surface area contributed by atoms with Crippen molar-refractivity contribution in [3.63, 3.8) is 0 Å². The first kappa shape index (κ1) is 75.3. The Morgan fingerprint density at radius 3 is 0.762 bits per heavy atom. The number of unbranched alkanes of at least 4 members (excludes halogenated alkanes) is 23. The third-order valence-electron chi connectivity index (χ3n) is 13.6. The van der Waals surface area contributed by atoms with Crippen LogP contribution in [0.3, 0.4) is 0 Å². The van der Waals surface area contributed by atoms with Gasteiger partial charge < -0.3 is 14.2 Å². The quantitative estimate of drug-likeness (QED) is 0.0261. The van der Waals surface area contributed by atoms with Gasteiger partial charge in [0.2, 0.25) is 0 Å². The number of carbonyl (C=O) groups excluding carboxylic acids is 3. The lowest BCUT2D eigenvalue weighted by molar-refractivity contribution is -0.167. The van der Waals surface area contributed by atoms with Gasteiger partial charge in [0.1, 0.15) is 13.2 Å². The summed E-state index contributed by atoms with van der Waals surface area (Å²) in [5.41, 5.74) is 0. The van der Waals surface area contributed by atoms with Crippen molar-refractivity contribution in [3.8, 4) is 0 Å². The lowest BCUT2D eigenvalue weighted by Crippen LogP contribution is -2.30. The predicted molar refractivity (Wildman–Crippen MR) is 348 cm³/mol. The fraction of sp³-hybridized carbons (Fsp3) is 0.635. The van der Waals surface area contributed by atoms with E-state index in [1.165, 1.54) is 103 Å². The van der Waals surface area contributed by atoms with Crippen LogP contribution >= 0.6 is 0 Å². The first-order chi connectivity index (χ1) is 39.5. The van der Waals surface area contributed by atoms with Crippen molar-refractivity contribution in [2.75, 3.05) is 13.2 Å². The van der Waals surface area contributed by atoms with E-state index in [0.717, 1.165) is 141 Å². The zero-order chi connectivity index (χ0) is 57.8. The van der Waals surface area contributed by atoms with Gasteiger partial charge in [0.05, 0.1) is 0 Å². The molecule has 0 aromatic heterocycles. The molecule has 0 N–H and O–H groups in total. The van der Waals surface area contributed by atoms with E-state index in [4.69, 9.17) is 14.2 Å². The van der Waals surface area contributed by atoms with Gasteiger partial charge >= 0.3 is 17.9 Å². The van der Waals surface area contributed by atoms with Crippen LogP contribution in [0.1, 0.15) is 284 Å². The molecule has 6 heteroatoms. The molecule has 0 heterocycles. The molecule has 0 aromatic carbocycles. The third-order valence-corrected chi connectivity index (χ3v) is 13.6. The minimum absolute atomic E-state index is 0.0852. The van der Waals surface area contributed by atoms with Crippen LogP contribution in [0.15, 0.2) is 146 Å². The van der Waals surface area contributed by atoms with E-state index >= 15 is 0 Å². The maximum atomic E-state index is 12.9. The van der Waals surface area contributed by atoms with Crippen LogP contribution in [0, 0.1) is 0 Å². The molecule has 0 aliphatic rings. The smallest absolute Gasteiger partial charge is 0.306 e. The second-order valence-electron chi connectivity index (χ2n) is 21.3. The second kappa shape index (κ2) is 66.8. The van der Waals surface area contributed by atoms with Gasteiger partial charge in [-0.05, 0) is 122 Å². The summed E-state index contributed by atoms with van der Waals surface area (Å²) in [5.74, 6) is -0.908. The van der Waals surface area contributed by atoms with E-state index in [9.17, 15) is 14.4 Å². The minimum atomic E-state index is -0.786. The van der Waals surface area contributed by atoms with E-state index in [0.29, 0.717) is 19.3 Å². The highest BCUT2D eigenvalue weighted by Gasteiger charge is 2.19. The van der Waals surface area contributed by atoms with E-state index in [-0.39, 0.29) is 31.1 Å². The first-order valence-electron chi connectivity index (χ1n) is 32.8. The molecule has 452 valence electrons. The van der Waals surface area contributed by atoms with E-state index < -0.39 is 6.10 Å². The molecule has 0 spiro atoms. The van der Waals surface area contributed by atoms with Crippen LogP contribution in [0.2, 0.25) is 0 Å². The minimum Gasteiger partial charge on any atom is -0.462 e. The molecule has 0 aliphatic carbocycles. The highest BCUT2D eigenvalue weighted by molar-refractivity contribution is 5.71. The Hall–Kier alpha value is -4.71. The van der Waals surface area contributed by atoms with Crippen molar-refractivity contribution in [2.45, 2.75) is 290 Å². The standard InChI is InChI=1S/C74H120O6/c1-4-7-10-13-16-18-20-22-24-26-28-30-32-33-34-35-36-37-38-39-40-41-43-44-46-48-50-52-54-56-58-61-64-67-73(76)79-70-71(69-78-72(75)66-63-60-15-12-9-6-3)80-74(77)68-65-62-59-57-55-53-51-49-47-45-42-31-29-27-25-23-21-19-17-14-11-8-5-2/h7-8,10-11,16-19,22-25,28-31,33-34,36-37,39-40,43-44,71H,4-6,9,12-15,20-21,26-27,32,35,38,41-42,45-70H2,1-3H3/b10-7-,11-8-,18-16-,19-17-,24-22-,25-23-,30-28-,31-29-,34-33-,37-36-,40-39-,44-43-. The van der Waals surface area contributed by atoms with Crippen molar-refractivity contribution in [1.82, 2.24) is 0 Å². The fourth-order valence-electron chi connectivity index (χ4n) is 8.74. The number of hydrogen-bond donors (Lipinski definition) is 0. The second-order valence-corrected chi connectivity index (χ2v) is 21.3. The van der Waals surface area contributed by atoms with Crippen molar-refractivity contribution < 1.29 is 28.6 Å². The molecule has 0 amide bonds. The monoisotopic (exact) mass is 1100 g/mol. The molecule has 0 aliphatic heterocycles. The molecular weight excluding hydrogens is 985 g/mol. The molecule has 0 radical (unpaired) electrons. The Morgan fingerprint density at radius 1 is 0.263 bits per heavy atom. The molecule has 1 unspecified atom stereocenters. The van der Waals surface area contributed by atoms with E-state index in [2.05, 4.69) is 167 Å². The highest BCUT2D eigenvalue weighted by atomic mass is 16.6. The van der Waals surface area contributed by atoms with Crippen LogP contribution in [0.25, 0.3) is 0 Å². The molecule has 6 nitrogen and oxygen atoms in total. The molecule has 0 fully saturated rings. The Morgan fingerprint density at radius 2 is 0.487 bits per heavy atom. The van der Waals surface area contributed by atoms with Crippen molar-refractivity contribution in [2.24, 2.45) is 0 Å². The largest absolute Gasteiger partial charge is 0.462 e. The summed E-state index contributed by atoms with van der Waals surface area (Å²) >= 11 is 0. The number of rotatable bonds is 58. The van der Waals surface area contributed by atoms with Gasteiger partial charge in [0.15, 0.2) is 6.10 Å². The molecule has 80 heavy (non-hydrogen) atoms. The third kappa shape index (κ3) is 64.1. The van der Waals surface area contributed by atoms with Gasteiger partial charge in [-0.3, -0.25) is 14.4 Å². The summed E-state index contributed by atoms with van der Waals surface area (Å²) < 4.78 is 16.8. The van der Waals surface area contributed by atoms with Gasteiger partial charge in [0.25, 0.3) is 0 Å². The zero-order valence-electron chi connectivity index (χ0n) is 51.8. The maximum absolute atomic E-state index is 12.9. The van der Waals surface area contributed by atoms with Gasteiger partial charge in [-0.1, -0.05) is 289 Å². The lowest BCUT2D eigenvalue weighted by atomic mass is 10.0. The van der Waals surface area contributed by atoms with Crippen LogP contribution in [-0.2, 0) is 28.6 Å². The summed E-state index contributed by atoms with van der Waals surface area (Å²) in [7, 11) is 0. The topological polar surface area (TPSA) is 78.9 Å². The lowest BCUT2D eigenvalue weighted by Gasteiger charge is -2.18. The number of esters is 3. The number of carbonyl (C=O) groups is 3. The molecule has 0 saturated heterocycles. The Kier molecular flexibility index (Phi) is 62.9. The van der Waals surface area contributed by atoms with E-state index in [1.54, 1.807) is 0 Å². The molecule has 1 atom stereocenters. The zero-order valence-corrected chi connectivity index (χ0v) is 51.8. The summed E-state index contributed by atoms with van der Waals surface area (Å²) in [4.78, 5) is 38.1. The van der Waals surface area contributed by atoms with Crippen molar-refractivity contribution >= 4 is 17.9 Å². The van der Waals surface area contributed by atoms with Crippen molar-refractivity contribution in [1.29, 1.82) is 0 Å². The van der Waals surface area contributed by atoms with E-state index in [1.807, 2.05) is 0 Å². The highest BCUT2D eigenvalue weighted by Crippen LogP contribution is 2.15. The molecule has 0 bridgehead atoms. The Bertz CT molecular complexity index is 1750. The van der Waals surface area contributed by atoms with Crippen LogP contribution in [-0.4, -0.2) is 37.2 Å². The Labute approximate surface area is 493 Å². The summed E-state index contributed by atoms with van der Waals surface area (Å²) in [6.07, 6.45) is 96.0. The Balaban J connectivity index is 4.13. The number of hydrogen-bond acceptors (Lipinski definition) is 6. The molecular formula is C74H120O6. The maximum Gasteiger partial charge on any atom is 0.306 e. The SMILES string of the molecule is CC/C=C\C/C=C\C/C=C\C/C=C\C/C=C\C/C=C\C/C=C\C/C=C\CCCCCCCCCCC(=O)OCC(COC(=O)CCCCCCCC)OC(=O)CCCCCCCCCCCC/C=C\C/C=C\C/C=C\C/C=C\CC.